The molecule has 4 aromatic carbocycles. The van der Waals surface area contributed by atoms with Gasteiger partial charge in [-0.25, -0.2) is 8.42 Å². The van der Waals surface area contributed by atoms with Crippen molar-refractivity contribution in [2.45, 2.75) is 349 Å². The van der Waals surface area contributed by atoms with Crippen LogP contribution < -0.4 is 10.6 Å². The molecule has 0 amide bonds. The van der Waals surface area contributed by atoms with E-state index in [1.54, 1.807) is 18.2 Å². The van der Waals surface area contributed by atoms with Gasteiger partial charge in [0.1, 0.15) is 10.1 Å². The molecule has 0 aliphatic heterocycles. The number of halogens is 8. The molecule has 6 nitrogen and oxygen atoms in total. The third kappa shape index (κ3) is 43.0. The maximum absolute atomic E-state index is 13.2. The average Bonchev–Trinajstić information content (AvgIpc) is 0.729. The van der Waals surface area contributed by atoms with Gasteiger partial charge >= 0.3 is 23.7 Å². The van der Waals surface area contributed by atoms with Gasteiger partial charge in [0.25, 0.3) is 0 Å². The minimum absolute atomic E-state index is 0.214. The second-order valence-electron chi connectivity index (χ2n) is 36.1. The Morgan fingerprint density at radius 3 is 1.07 bits per heavy atom. The molecule has 1 aliphatic rings. The highest BCUT2D eigenvalue weighted by atomic mass is 32.2. The average molecular weight is 1560 g/mol. The number of benzene rings is 4. The molecule has 15 heteroatoms. The summed E-state index contributed by atoms with van der Waals surface area (Å²) in [6.45, 7) is 53.1. The number of Topliss-reactive ketones (excluding diaryl/α,β-unsaturated/α-hetero) is 1. The molecule has 109 heavy (non-hydrogen) atoms. The number of carbonyl (C=O) groups excluding carboxylic acids is 1. The molecule has 0 spiro atoms. The van der Waals surface area contributed by atoms with Gasteiger partial charge in [0, 0.05) is 45.9 Å². The number of aryl methyl sites for hydroxylation is 1. The summed E-state index contributed by atoms with van der Waals surface area (Å²) in [7, 11) is -4.60. The Bertz CT molecular complexity index is 3210. The van der Waals surface area contributed by atoms with E-state index in [0.717, 1.165) is 100 Å². The lowest BCUT2D eigenvalue weighted by molar-refractivity contribution is -0.380. The van der Waals surface area contributed by atoms with Gasteiger partial charge in [-0.15, -0.1) is 0 Å². The second kappa shape index (κ2) is 50.7. The Morgan fingerprint density at radius 2 is 0.761 bits per heavy atom. The van der Waals surface area contributed by atoms with E-state index in [2.05, 4.69) is 203 Å². The highest BCUT2D eigenvalue weighted by Crippen LogP contribution is 2.56. The minimum atomic E-state index is -6.14. The van der Waals surface area contributed by atoms with Gasteiger partial charge < -0.3 is 15.2 Å². The summed E-state index contributed by atoms with van der Waals surface area (Å²) in [4.78, 5) is 12.9. The van der Waals surface area contributed by atoms with E-state index in [0.29, 0.717) is 62.7 Å². The number of alkyl halides is 8. The Labute approximate surface area is 660 Å². The number of allylic oxidation sites excluding steroid dienone is 2. The second-order valence-corrected chi connectivity index (χ2v) is 37.5. The number of nitrogens with one attached hydrogen (secondary N) is 2. The van der Waals surface area contributed by atoms with Crippen molar-refractivity contribution in [3.63, 3.8) is 0 Å². The van der Waals surface area contributed by atoms with Crippen molar-refractivity contribution in [3.8, 4) is 0 Å². The van der Waals surface area contributed by atoms with E-state index in [-0.39, 0.29) is 16.2 Å². The van der Waals surface area contributed by atoms with Gasteiger partial charge in [0.05, 0.1) is 4.90 Å². The van der Waals surface area contributed by atoms with Gasteiger partial charge in [-0.05, 0) is 196 Å². The molecule has 2 N–H and O–H groups in total. The number of carbonyl (C=O) groups is 1. The van der Waals surface area contributed by atoms with Crippen molar-refractivity contribution in [1.82, 2.24) is 0 Å². The maximum Gasteiger partial charge on any atom is 0.378 e. The number of rotatable bonds is 35. The van der Waals surface area contributed by atoms with E-state index in [1.165, 1.54) is 114 Å². The highest BCUT2D eigenvalue weighted by molar-refractivity contribution is 7.85. The predicted molar refractivity (Wildman–Crippen MR) is 454 cm³/mol. The molecule has 0 aromatic heterocycles. The van der Waals surface area contributed by atoms with Crippen molar-refractivity contribution in [2.24, 2.45) is 65.1 Å². The molecule has 1 fully saturated rings. The van der Waals surface area contributed by atoms with E-state index in [9.17, 15) is 52.9 Å². The lowest BCUT2D eigenvalue weighted by Gasteiger charge is -2.39. The summed E-state index contributed by atoms with van der Waals surface area (Å²) < 4.78 is 140. The molecule has 624 valence electrons. The van der Waals surface area contributed by atoms with Crippen LogP contribution in [-0.2, 0) is 27.8 Å². The zero-order valence-corrected chi connectivity index (χ0v) is 73.6. The fourth-order valence-electron chi connectivity index (χ4n) is 12.2. The van der Waals surface area contributed by atoms with Crippen molar-refractivity contribution in [2.75, 3.05) is 10.6 Å². The molecule has 0 bridgehead atoms. The number of unbranched alkanes of at least 4 members (excludes halogenated alkanes) is 6. The monoisotopic (exact) mass is 1560 g/mol. The quantitative estimate of drug-likeness (QED) is 0.0157. The first kappa shape index (κ1) is 104. The van der Waals surface area contributed by atoms with Crippen LogP contribution in [0.5, 0.6) is 0 Å². The first-order valence-corrected chi connectivity index (χ1v) is 42.7. The third-order valence-electron chi connectivity index (χ3n) is 18.5. The van der Waals surface area contributed by atoms with Crippen LogP contribution in [0.25, 0.3) is 24.3 Å². The van der Waals surface area contributed by atoms with Crippen molar-refractivity contribution >= 4 is 51.6 Å². The number of hydrogen-bond donors (Lipinski definition) is 2. The summed E-state index contributed by atoms with van der Waals surface area (Å²) in [5, 5.41) is 6.54. The lowest BCUT2D eigenvalue weighted by Crippen LogP contribution is -2.64. The van der Waals surface area contributed by atoms with Crippen LogP contribution >= 0.6 is 0 Å². The first-order chi connectivity index (χ1) is 50.2. The van der Waals surface area contributed by atoms with Crippen molar-refractivity contribution < 1.29 is 52.9 Å². The maximum atomic E-state index is 13.2. The Balaban J connectivity index is 0.00000136. The molecule has 0 saturated heterocycles. The van der Waals surface area contributed by atoms with E-state index >= 15 is 0 Å². The molecule has 0 unspecified atom stereocenters. The fraction of sp³-hybridized carbons (Fsp3) is 0.670. The fourth-order valence-corrected chi connectivity index (χ4v) is 12.9. The zero-order valence-electron chi connectivity index (χ0n) is 72.8. The number of anilines is 2. The van der Waals surface area contributed by atoms with Gasteiger partial charge in [-0.1, -0.05) is 315 Å². The van der Waals surface area contributed by atoms with E-state index < -0.39 is 45.6 Å². The smallest absolute Gasteiger partial charge is 0.378 e. The third-order valence-corrected chi connectivity index (χ3v) is 19.4. The molecule has 1 aliphatic carbocycles. The normalized spacial score (nSPS) is 14.8. The van der Waals surface area contributed by atoms with Crippen LogP contribution in [0.15, 0.2) is 101 Å². The molecule has 0 atom stereocenters. The van der Waals surface area contributed by atoms with Crippen LogP contribution in [0.3, 0.4) is 0 Å². The van der Waals surface area contributed by atoms with Crippen LogP contribution in [0, 0.1) is 72.0 Å². The molecular weight excluding hydrogens is 1410 g/mol. The van der Waals surface area contributed by atoms with Crippen molar-refractivity contribution in [1.29, 1.82) is 0 Å². The first-order valence-electron chi connectivity index (χ1n) is 41.2. The summed E-state index contributed by atoms with van der Waals surface area (Å²) in [5.41, 5.74) is 10.6. The zero-order chi connectivity index (χ0) is 84.0. The van der Waals surface area contributed by atoms with E-state index in [4.69, 9.17) is 0 Å². The topological polar surface area (TPSA) is 98.3 Å². The lowest BCUT2D eigenvalue weighted by atomic mass is 9.80. The van der Waals surface area contributed by atoms with Gasteiger partial charge in [0.2, 0.25) is 0 Å². The summed E-state index contributed by atoms with van der Waals surface area (Å²) in [5.74, 6) is -19.8. The van der Waals surface area contributed by atoms with Crippen LogP contribution in [0.1, 0.15) is 328 Å². The van der Waals surface area contributed by atoms with Gasteiger partial charge in [-0.2, -0.15) is 35.1 Å². The summed E-state index contributed by atoms with van der Waals surface area (Å²) >= 11 is 0. The molecule has 4 aromatic rings. The molecule has 1 saturated carbocycles. The number of hydrogen-bond acceptors (Lipinski definition) is 6. The van der Waals surface area contributed by atoms with Crippen LogP contribution in [0.4, 0.5) is 46.5 Å². The molecule has 0 heterocycles. The number of ketones is 1. The Morgan fingerprint density at radius 1 is 0.440 bits per heavy atom. The van der Waals surface area contributed by atoms with Gasteiger partial charge in [0.15, 0.2) is 5.78 Å². The Hall–Kier alpha value is -5.28. The summed E-state index contributed by atoms with van der Waals surface area (Å²) in [6, 6.07) is 28.5. The standard InChI is InChI=1S/C29H36O.C22H30N2O3S.C14H30.C10H14F8.C10H22.C9H20/c1-20(2)14-23-6-10-25(11-7-23)18-27-16-22(5)17-28(29(27)30)19-26-12-8-24(9-13-26)15-21(3)4;1-15(2)23-19-11-9-17(16(3)13-19)7-8-18-10-12-20(24-22(4,5)6)14-21(18)28(25,26)27;1-13(2)11-9-7-5-6-8-10-12-14(3)4;1-5(2)7(11,12)9(15,16)10(17,18)8(13,14)6(3)4;1-9(2)7-5-6-8-10(3)4;1-8(2)6-5-7-9(3)4/h6-13,18-22H,14-17H2,1-5H3;7-15,23-24H,1-6H3,(H,25,26,27);13-14H,5-12H2,1-4H3;5-6H,1-4H3;9-10H,5-8H2,1-4H3;8-9H,5-7H2,1-4H3/p-1/b27-18+,28-19+;8-7+;;;;. The highest BCUT2D eigenvalue weighted by Gasteiger charge is 2.81. The molecule has 0 radical (unpaired) electrons. The molecule has 5 rings (SSSR count). The predicted octanol–water partition coefficient (Wildman–Crippen LogP) is 30.2. The molecular formula is C94H151F8N2O4S-. The van der Waals surface area contributed by atoms with Crippen LogP contribution in [-0.4, -0.2) is 54.0 Å². The van der Waals surface area contributed by atoms with Gasteiger partial charge in [-0.3, -0.25) is 4.79 Å². The van der Waals surface area contributed by atoms with Crippen molar-refractivity contribution in [3.05, 3.63) is 135 Å². The largest absolute Gasteiger partial charge is 0.744 e. The Kier molecular flexibility index (Phi) is 48.3. The minimum Gasteiger partial charge on any atom is -0.744 e. The SMILES string of the molecule is CC(C)C(F)(F)C(F)(F)C(F)(F)C(F)(F)C(C)C.CC(C)CCCC(C)C.CC(C)CCCCC(C)C.CC(C)CCCCCCCCC(C)C.CC(C)Cc1ccc(/C=C2\CC(C)C/C(=C\c3ccc(CC(C)C)cc3)C2=O)cc1.Cc1cc(NC(C)C)ccc1/C=C/c1ccc(NC(C)(C)C)cc1S(=O)(=O)[O-]. The van der Waals surface area contributed by atoms with E-state index in [1.807, 2.05) is 52.0 Å². The van der Waals surface area contributed by atoms with Crippen LogP contribution in [0.2, 0.25) is 0 Å². The summed E-state index contributed by atoms with van der Waals surface area (Å²) in [6.07, 6.45) is 33.1.